The molecule has 1 aromatic heterocycles. The van der Waals surface area contributed by atoms with Crippen LogP contribution in [-0.4, -0.2) is 39.7 Å². The van der Waals surface area contributed by atoms with Crippen LogP contribution < -0.4 is 10.0 Å². The summed E-state index contributed by atoms with van der Waals surface area (Å²) in [6.45, 7) is 1.79. The molecule has 7 nitrogen and oxygen atoms in total. The second-order valence-corrected chi connectivity index (χ2v) is 8.81. The van der Waals surface area contributed by atoms with Crippen molar-refractivity contribution in [3.05, 3.63) is 57.8 Å². The highest BCUT2D eigenvalue weighted by atomic mass is 32.2. The third-order valence-electron chi connectivity index (χ3n) is 3.65. The molecule has 2 rings (SSSR count). The van der Waals surface area contributed by atoms with Crippen LogP contribution in [0.15, 0.2) is 41.8 Å². The highest BCUT2D eigenvalue weighted by Gasteiger charge is 2.13. The predicted molar refractivity (Wildman–Crippen MR) is 104 cm³/mol. The lowest BCUT2D eigenvalue weighted by molar-refractivity contribution is -0.124. The van der Waals surface area contributed by atoms with Gasteiger partial charge >= 0.3 is 5.97 Å². The third-order valence-corrected chi connectivity index (χ3v) is 5.43. The number of benzene rings is 1. The molecule has 146 valence electrons. The number of carbonyl (C=O) groups excluding carboxylic acids is 2. The molecule has 0 bridgehead atoms. The van der Waals surface area contributed by atoms with Crippen molar-refractivity contribution in [2.45, 2.75) is 19.4 Å². The van der Waals surface area contributed by atoms with Crippen LogP contribution in [0, 0.1) is 0 Å². The van der Waals surface area contributed by atoms with Gasteiger partial charge in [0.15, 0.2) is 6.61 Å². The van der Waals surface area contributed by atoms with Crippen molar-refractivity contribution in [1.82, 2.24) is 10.0 Å². The smallest absolute Gasteiger partial charge is 0.338 e. The Morgan fingerprint density at radius 2 is 1.89 bits per heavy atom. The first-order valence-electron chi connectivity index (χ1n) is 8.28. The van der Waals surface area contributed by atoms with Gasteiger partial charge in [-0.1, -0.05) is 18.2 Å². The van der Waals surface area contributed by atoms with E-state index in [-0.39, 0.29) is 25.1 Å². The number of rotatable bonds is 9. The van der Waals surface area contributed by atoms with E-state index in [1.807, 2.05) is 24.4 Å². The maximum atomic E-state index is 12.0. The summed E-state index contributed by atoms with van der Waals surface area (Å²) in [5.41, 5.74) is 1.21. The molecule has 0 radical (unpaired) electrons. The molecule has 0 aliphatic carbocycles. The molecule has 0 saturated carbocycles. The zero-order chi connectivity index (χ0) is 19.9. The van der Waals surface area contributed by atoms with Crippen molar-refractivity contribution < 1.29 is 22.7 Å². The maximum Gasteiger partial charge on any atom is 0.338 e. The Morgan fingerprint density at radius 3 is 2.48 bits per heavy atom. The summed E-state index contributed by atoms with van der Waals surface area (Å²) >= 11 is 1.54. The molecule has 0 aliphatic rings. The van der Waals surface area contributed by atoms with Crippen molar-refractivity contribution in [1.29, 1.82) is 0 Å². The zero-order valence-electron chi connectivity index (χ0n) is 15.1. The number of nitrogens with one attached hydrogen (secondary N) is 2. The standard InChI is InChI=1S/C18H22N2O5S2/c1-13(16-4-3-11-26-16)20-17(21)12-25-18(22)15-7-5-14(6-8-15)9-10-19-27(2,23)24/h3-8,11,13,19H,9-10,12H2,1-2H3,(H,20,21)/t13-/m0/s1. The number of hydrogen-bond donors (Lipinski definition) is 2. The molecule has 0 aliphatic heterocycles. The van der Waals surface area contributed by atoms with Gasteiger partial charge in [0.2, 0.25) is 10.0 Å². The van der Waals surface area contributed by atoms with Crippen molar-refractivity contribution in [3.8, 4) is 0 Å². The molecule has 0 spiro atoms. The number of hydrogen-bond acceptors (Lipinski definition) is 6. The van der Waals surface area contributed by atoms with Crippen LogP contribution in [-0.2, 0) is 26.0 Å². The van der Waals surface area contributed by atoms with Gasteiger partial charge in [-0.05, 0) is 42.5 Å². The highest BCUT2D eigenvalue weighted by molar-refractivity contribution is 7.88. The SMILES string of the molecule is C[C@H](NC(=O)COC(=O)c1ccc(CCNS(C)(=O)=O)cc1)c1cccs1. The van der Waals surface area contributed by atoms with Crippen molar-refractivity contribution >= 4 is 33.2 Å². The molecule has 27 heavy (non-hydrogen) atoms. The quantitative estimate of drug-likeness (QED) is 0.615. The fraction of sp³-hybridized carbons (Fsp3) is 0.333. The topological polar surface area (TPSA) is 102 Å². The zero-order valence-corrected chi connectivity index (χ0v) is 16.7. The minimum atomic E-state index is -3.22. The lowest BCUT2D eigenvalue weighted by Crippen LogP contribution is -2.30. The largest absolute Gasteiger partial charge is 0.452 e. The van der Waals surface area contributed by atoms with E-state index < -0.39 is 16.0 Å². The van der Waals surface area contributed by atoms with E-state index in [0.29, 0.717) is 12.0 Å². The van der Waals surface area contributed by atoms with E-state index in [1.165, 1.54) is 0 Å². The van der Waals surface area contributed by atoms with Crippen LogP contribution in [0.2, 0.25) is 0 Å². The minimum Gasteiger partial charge on any atom is -0.452 e. The average Bonchev–Trinajstić information content (AvgIpc) is 3.14. The third kappa shape index (κ3) is 7.49. The molecule has 1 amide bonds. The Kier molecular flexibility index (Phi) is 7.52. The number of carbonyl (C=O) groups is 2. The van der Waals surface area contributed by atoms with Crippen LogP contribution >= 0.6 is 11.3 Å². The Labute approximate surface area is 162 Å². The second kappa shape index (κ2) is 9.63. The first-order valence-corrected chi connectivity index (χ1v) is 11.0. The number of amides is 1. The molecule has 0 unspecified atom stereocenters. The fourth-order valence-corrected chi connectivity index (χ4v) is 3.50. The van der Waals surface area contributed by atoms with Gasteiger partial charge in [-0.3, -0.25) is 4.79 Å². The van der Waals surface area contributed by atoms with Gasteiger partial charge in [0.1, 0.15) is 0 Å². The molecule has 1 heterocycles. The summed E-state index contributed by atoms with van der Waals surface area (Å²) in [5, 5.41) is 4.70. The number of sulfonamides is 1. The van der Waals surface area contributed by atoms with Crippen LogP contribution in [0.5, 0.6) is 0 Å². The number of ether oxygens (including phenoxy) is 1. The molecular weight excluding hydrogens is 388 g/mol. The first kappa shape index (κ1) is 21.1. The van der Waals surface area contributed by atoms with Crippen LogP contribution in [0.3, 0.4) is 0 Å². The van der Waals surface area contributed by atoms with Crippen LogP contribution in [0.4, 0.5) is 0 Å². The van der Waals surface area contributed by atoms with Gasteiger partial charge in [-0.2, -0.15) is 0 Å². The van der Waals surface area contributed by atoms with E-state index in [9.17, 15) is 18.0 Å². The van der Waals surface area contributed by atoms with Gasteiger partial charge in [-0.25, -0.2) is 17.9 Å². The van der Waals surface area contributed by atoms with Crippen molar-refractivity contribution in [2.24, 2.45) is 0 Å². The molecule has 1 aromatic carbocycles. The molecular formula is C18H22N2O5S2. The lowest BCUT2D eigenvalue weighted by Gasteiger charge is -2.12. The van der Waals surface area contributed by atoms with E-state index in [1.54, 1.807) is 35.6 Å². The van der Waals surface area contributed by atoms with Gasteiger partial charge in [0, 0.05) is 11.4 Å². The van der Waals surface area contributed by atoms with Crippen LogP contribution in [0.1, 0.15) is 33.8 Å². The molecule has 1 atom stereocenters. The van der Waals surface area contributed by atoms with Gasteiger partial charge in [0.25, 0.3) is 5.91 Å². The highest BCUT2D eigenvalue weighted by Crippen LogP contribution is 2.17. The van der Waals surface area contributed by atoms with E-state index in [0.717, 1.165) is 16.7 Å². The average molecular weight is 411 g/mol. The normalized spacial score (nSPS) is 12.4. The lowest BCUT2D eigenvalue weighted by atomic mass is 10.1. The fourth-order valence-electron chi connectivity index (χ4n) is 2.29. The Morgan fingerprint density at radius 1 is 1.19 bits per heavy atom. The van der Waals surface area contributed by atoms with Gasteiger partial charge in [0.05, 0.1) is 17.9 Å². The minimum absolute atomic E-state index is 0.143. The van der Waals surface area contributed by atoms with E-state index in [4.69, 9.17) is 4.74 Å². The maximum absolute atomic E-state index is 12.0. The van der Waals surface area contributed by atoms with E-state index >= 15 is 0 Å². The summed E-state index contributed by atoms with van der Waals surface area (Å²) in [6, 6.07) is 10.3. The second-order valence-electron chi connectivity index (χ2n) is 5.99. The summed E-state index contributed by atoms with van der Waals surface area (Å²) in [4.78, 5) is 25.0. The predicted octanol–water partition coefficient (Wildman–Crippen LogP) is 1.87. The molecule has 9 heteroatoms. The van der Waals surface area contributed by atoms with Gasteiger partial charge in [-0.15, -0.1) is 11.3 Å². The number of thiophene rings is 1. The Balaban J connectivity index is 1.77. The summed E-state index contributed by atoms with van der Waals surface area (Å²) in [6.07, 6.45) is 1.61. The monoisotopic (exact) mass is 410 g/mol. The molecule has 2 aromatic rings. The number of esters is 1. The first-order chi connectivity index (χ1) is 12.7. The van der Waals surface area contributed by atoms with Gasteiger partial charge < -0.3 is 10.1 Å². The molecule has 0 fully saturated rings. The molecule has 2 N–H and O–H groups in total. The summed E-state index contributed by atoms with van der Waals surface area (Å²) in [7, 11) is -3.22. The summed E-state index contributed by atoms with van der Waals surface area (Å²) < 4.78 is 29.5. The van der Waals surface area contributed by atoms with Crippen LogP contribution in [0.25, 0.3) is 0 Å². The van der Waals surface area contributed by atoms with Crippen molar-refractivity contribution in [3.63, 3.8) is 0 Å². The molecule has 0 saturated heterocycles. The Bertz CT molecular complexity index is 862. The van der Waals surface area contributed by atoms with Crippen molar-refractivity contribution in [2.75, 3.05) is 19.4 Å². The van der Waals surface area contributed by atoms with E-state index in [2.05, 4.69) is 10.0 Å². The Hall–Kier alpha value is -2.23. The summed E-state index contributed by atoms with van der Waals surface area (Å²) in [5.74, 6) is -0.956.